The normalized spacial score (nSPS) is 19.7. The number of fused-ring (bicyclic) bond motifs is 1. The lowest BCUT2D eigenvalue weighted by molar-refractivity contribution is 1.28. The molecular formula is C7H4N4. The van der Waals surface area contributed by atoms with Gasteiger partial charge in [-0.15, -0.1) is 0 Å². The summed E-state index contributed by atoms with van der Waals surface area (Å²) in [4.78, 5) is 11.8. The van der Waals surface area contributed by atoms with Gasteiger partial charge < -0.3 is 0 Å². The Morgan fingerprint density at radius 3 is 3.18 bits per heavy atom. The molecule has 0 aromatic heterocycles. The average molecular weight is 144 g/mol. The zero-order valence-corrected chi connectivity index (χ0v) is 5.65. The van der Waals surface area contributed by atoms with Gasteiger partial charge in [0, 0.05) is 12.6 Å². The highest BCUT2D eigenvalue weighted by molar-refractivity contribution is 6.47. The Balaban J connectivity index is 2.39. The number of amidine groups is 1. The molecule has 0 atom stereocenters. The van der Waals surface area contributed by atoms with Crippen LogP contribution in [0.4, 0.5) is 0 Å². The summed E-state index contributed by atoms with van der Waals surface area (Å²) in [5.41, 5.74) is 1.43. The fourth-order valence-electron chi connectivity index (χ4n) is 0.952. The molecule has 0 saturated heterocycles. The van der Waals surface area contributed by atoms with Crippen molar-refractivity contribution >= 4 is 17.9 Å². The fourth-order valence-corrected chi connectivity index (χ4v) is 0.952. The molecule has 0 bridgehead atoms. The molecule has 52 valence electrons. The summed E-state index contributed by atoms with van der Waals surface area (Å²) >= 11 is 0. The molecule has 0 fully saturated rings. The molecule has 0 N–H and O–H groups in total. The van der Waals surface area contributed by atoms with Gasteiger partial charge >= 0.3 is 0 Å². The van der Waals surface area contributed by atoms with Gasteiger partial charge in [-0.1, -0.05) is 0 Å². The average Bonchev–Trinajstić information content (AvgIpc) is 2.50. The fraction of sp³-hybridized carbons (Fsp3) is 0.143. The number of nitrogens with zero attached hydrogens (tertiary/aromatic N) is 4. The molecule has 11 heavy (non-hydrogen) atoms. The monoisotopic (exact) mass is 144 g/mol. The predicted octanol–water partition coefficient (Wildman–Crippen LogP) is 0.679. The molecule has 0 radical (unpaired) electrons. The van der Waals surface area contributed by atoms with Crippen LogP contribution < -0.4 is 0 Å². The summed E-state index contributed by atoms with van der Waals surface area (Å²) in [6.07, 6.45) is 3.56. The van der Waals surface area contributed by atoms with Gasteiger partial charge in [-0.25, -0.2) is 15.0 Å². The van der Waals surface area contributed by atoms with E-state index < -0.39 is 0 Å². The molecular weight excluding hydrogens is 140 g/mol. The smallest absolute Gasteiger partial charge is 0.175 e. The minimum atomic E-state index is 0.565. The van der Waals surface area contributed by atoms with Gasteiger partial charge in [0.25, 0.3) is 0 Å². The summed E-state index contributed by atoms with van der Waals surface area (Å²) in [5, 5.41) is 8.53. The van der Waals surface area contributed by atoms with Crippen LogP contribution in [0.25, 0.3) is 0 Å². The third-order valence-electron chi connectivity index (χ3n) is 1.50. The van der Waals surface area contributed by atoms with Gasteiger partial charge in [-0.05, 0) is 0 Å². The van der Waals surface area contributed by atoms with Crippen LogP contribution in [0.3, 0.4) is 0 Å². The molecule has 0 aromatic carbocycles. The largest absolute Gasteiger partial charge is 0.237 e. The van der Waals surface area contributed by atoms with E-state index in [1.165, 1.54) is 12.5 Å². The first-order chi connectivity index (χ1) is 5.40. The molecule has 2 aliphatic rings. The van der Waals surface area contributed by atoms with Crippen LogP contribution in [-0.2, 0) is 0 Å². The van der Waals surface area contributed by atoms with Crippen molar-refractivity contribution in [2.45, 2.75) is 6.42 Å². The first-order valence-electron chi connectivity index (χ1n) is 3.16. The molecule has 4 heteroatoms. The molecule has 0 aromatic rings. The van der Waals surface area contributed by atoms with Crippen molar-refractivity contribution in [2.24, 2.45) is 15.0 Å². The van der Waals surface area contributed by atoms with Crippen LogP contribution in [0.5, 0.6) is 0 Å². The molecule has 0 amide bonds. The van der Waals surface area contributed by atoms with Gasteiger partial charge in [0.1, 0.15) is 6.34 Å². The first-order valence-corrected chi connectivity index (χ1v) is 3.16. The van der Waals surface area contributed by atoms with Crippen LogP contribution >= 0.6 is 0 Å². The summed E-state index contributed by atoms with van der Waals surface area (Å²) in [6, 6.07) is 2.03. The number of hydrogen-bond donors (Lipinski definition) is 0. The minimum absolute atomic E-state index is 0.565. The van der Waals surface area contributed by atoms with Gasteiger partial charge in [0.2, 0.25) is 0 Å². The van der Waals surface area contributed by atoms with Crippen LogP contribution in [0, 0.1) is 11.3 Å². The minimum Gasteiger partial charge on any atom is -0.237 e. The second kappa shape index (κ2) is 2.13. The first kappa shape index (κ1) is 5.98. The molecule has 2 heterocycles. The third-order valence-corrected chi connectivity index (χ3v) is 1.50. The lowest BCUT2D eigenvalue weighted by atomic mass is 10.1. The molecule has 2 rings (SSSR count). The van der Waals surface area contributed by atoms with E-state index in [-0.39, 0.29) is 0 Å². The van der Waals surface area contributed by atoms with Crippen molar-refractivity contribution in [3.63, 3.8) is 0 Å². The second-order valence-electron chi connectivity index (χ2n) is 2.22. The van der Waals surface area contributed by atoms with E-state index in [9.17, 15) is 0 Å². The van der Waals surface area contributed by atoms with Gasteiger partial charge in [-0.3, -0.25) is 0 Å². The summed E-state index contributed by atoms with van der Waals surface area (Å²) in [7, 11) is 0. The third kappa shape index (κ3) is 0.867. The topological polar surface area (TPSA) is 60.9 Å². The van der Waals surface area contributed by atoms with E-state index in [2.05, 4.69) is 15.0 Å². The Labute approximate surface area is 63.3 Å². The summed E-state index contributed by atoms with van der Waals surface area (Å²) in [5.74, 6) is 0.643. The molecule has 2 aliphatic heterocycles. The summed E-state index contributed by atoms with van der Waals surface area (Å²) < 4.78 is 0. The van der Waals surface area contributed by atoms with E-state index in [0.717, 1.165) is 5.71 Å². The van der Waals surface area contributed by atoms with E-state index >= 15 is 0 Å². The maximum absolute atomic E-state index is 8.53. The maximum atomic E-state index is 8.53. The van der Waals surface area contributed by atoms with Crippen molar-refractivity contribution in [2.75, 3.05) is 0 Å². The molecule has 4 nitrogen and oxygen atoms in total. The highest BCUT2D eigenvalue weighted by Crippen LogP contribution is 2.12. The number of allylic oxidation sites excluding steroid dienone is 1. The lowest BCUT2D eigenvalue weighted by Gasteiger charge is -2.02. The number of hydrogen-bond acceptors (Lipinski definition) is 4. The van der Waals surface area contributed by atoms with E-state index in [1.807, 2.05) is 6.07 Å². The zero-order chi connectivity index (χ0) is 7.68. The number of nitriles is 1. The zero-order valence-electron chi connectivity index (χ0n) is 5.65. The van der Waals surface area contributed by atoms with Gasteiger partial charge in [0.05, 0.1) is 17.4 Å². The SMILES string of the molecule is N#CC1=CN=C2N=CN=C2C1. The van der Waals surface area contributed by atoms with Crippen molar-refractivity contribution in [1.29, 1.82) is 5.26 Å². The van der Waals surface area contributed by atoms with Crippen molar-refractivity contribution < 1.29 is 0 Å². The second-order valence-corrected chi connectivity index (χ2v) is 2.22. The molecule has 0 unspecified atom stereocenters. The molecule has 0 saturated carbocycles. The Bertz CT molecular complexity index is 351. The van der Waals surface area contributed by atoms with Crippen LogP contribution in [-0.4, -0.2) is 17.9 Å². The van der Waals surface area contributed by atoms with E-state index in [1.54, 1.807) is 0 Å². The van der Waals surface area contributed by atoms with Crippen LogP contribution in [0.15, 0.2) is 26.8 Å². The van der Waals surface area contributed by atoms with E-state index in [4.69, 9.17) is 5.26 Å². The lowest BCUT2D eigenvalue weighted by Crippen LogP contribution is -2.11. The Hall–Kier alpha value is -1.76. The Morgan fingerprint density at radius 2 is 2.36 bits per heavy atom. The highest BCUT2D eigenvalue weighted by Gasteiger charge is 2.16. The van der Waals surface area contributed by atoms with Crippen molar-refractivity contribution in [3.05, 3.63) is 11.8 Å². The molecule has 0 aliphatic carbocycles. The van der Waals surface area contributed by atoms with Crippen LogP contribution in [0.1, 0.15) is 6.42 Å². The Kier molecular flexibility index (Phi) is 1.16. The van der Waals surface area contributed by atoms with E-state index in [0.29, 0.717) is 17.8 Å². The maximum Gasteiger partial charge on any atom is 0.175 e. The number of rotatable bonds is 0. The van der Waals surface area contributed by atoms with Crippen molar-refractivity contribution in [3.8, 4) is 6.07 Å². The number of aliphatic imine (C=N–C) groups is 3. The summed E-state index contributed by atoms with van der Waals surface area (Å²) in [6.45, 7) is 0. The predicted molar refractivity (Wildman–Crippen MR) is 41.7 cm³/mol. The van der Waals surface area contributed by atoms with Gasteiger partial charge in [0.15, 0.2) is 5.84 Å². The van der Waals surface area contributed by atoms with Crippen LogP contribution in [0.2, 0.25) is 0 Å². The standard InChI is InChI=1S/C7H4N4/c8-2-5-1-6-7(9-3-5)11-4-10-6/h3-4H,1H2. The Morgan fingerprint density at radius 1 is 1.45 bits per heavy atom. The molecule has 0 spiro atoms. The quantitative estimate of drug-likeness (QED) is 0.493. The van der Waals surface area contributed by atoms with Gasteiger partial charge in [-0.2, -0.15) is 5.26 Å². The highest BCUT2D eigenvalue weighted by atomic mass is 15.0. The van der Waals surface area contributed by atoms with Crippen molar-refractivity contribution in [1.82, 2.24) is 0 Å².